The molecule has 6 nitrogen and oxygen atoms in total. The van der Waals surface area contributed by atoms with Gasteiger partial charge in [0.1, 0.15) is 5.75 Å². The van der Waals surface area contributed by atoms with E-state index in [1.165, 1.54) is 17.1 Å². The van der Waals surface area contributed by atoms with Crippen LogP contribution in [0.1, 0.15) is 43.7 Å². The SMILES string of the molecule is COc1ccc([C@@H]2C[C@@H](SC3CCCC3)[C@H](C(=O)O)CN2S(=O)(=O)c2ccccc2)cc1. The Morgan fingerprint density at radius 1 is 1.06 bits per heavy atom. The van der Waals surface area contributed by atoms with Gasteiger partial charge in [-0.3, -0.25) is 4.79 Å². The van der Waals surface area contributed by atoms with E-state index in [1.54, 1.807) is 49.2 Å². The number of benzene rings is 2. The summed E-state index contributed by atoms with van der Waals surface area (Å²) < 4.78 is 33.9. The van der Waals surface area contributed by atoms with Crippen molar-refractivity contribution in [1.82, 2.24) is 4.31 Å². The molecule has 4 rings (SSSR count). The first kappa shape index (κ1) is 23.1. The Balaban J connectivity index is 1.72. The number of nitrogens with zero attached hydrogens (tertiary/aromatic N) is 1. The Morgan fingerprint density at radius 3 is 2.31 bits per heavy atom. The van der Waals surface area contributed by atoms with E-state index in [9.17, 15) is 18.3 Å². The number of hydrogen-bond donors (Lipinski definition) is 1. The molecule has 0 amide bonds. The molecule has 2 aromatic carbocycles. The highest BCUT2D eigenvalue weighted by Crippen LogP contribution is 2.45. The molecule has 2 aliphatic rings. The van der Waals surface area contributed by atoms with E-state index in [1.807, 2.05) is 24.3 Å². The molecule has 8 heteroatoms. The quantitative estimate of drug-likeness (QED) is 0.631. The molecule has 2 fully saturated rings. The van der Waals surface area contributed by atoms with E-state index in [2.05, 4.69) is 0 Å². The maximum atomic E-state index is 13.6. The number of rotatable bonds is 7. The molecule has 172 valence electrons. The van der Waals surface area contributed by atoms with Crippen molar-refractivity contribution in [3.05, 3.63) is 60.2 Å². The molecule has 0 bridgehead atoms. The number of ether oxygens (including phenoxy) is 1. The highest BCUT2D eigenvalue weighted by molar-refractivity contribution is 8.00. The van der Waals surface area contributed by atoms with Crippen molar-refractivity contribution >= 4 is 27.8 Å². The lowest BCUT2D eigenvalue weighted by Gasteiger charge is -2.42. The van der Waals surface area contributed by atoms with Crippen molar-refractivity contribution in [1.29, 1.82) is 0 Å². The summed E-state index contributed by atoms with van der Waals surface area (Å²) in [7, 11) is -2.27. The minimum atomic E-state index is -3.86. The maximum absolute atomic E-state index is 13.6. The van der Waals surface area contributed by atoms with Crippen molar-refractivity contribution in [2.24, 2.45) is 5.92 Å². The van der Waals surface area contributed by atoms with E-state index in [0.29, 0.717) is 17.4 Å². The van der Waals surface area contributed by atoms with E-state index in [0.717, 1.165) is 18.4 Å². The standard InChI is InChI=1S/C24H29NO5S2/c1-30-18-13-11-17(12-14-18)22-15-23(31-19-7-5-6-8-19)21(24(26)27)16-25(22)32(28,29)20-9-3-2-4-10-20/h2-4,9-14,19,21-23H,5-8,15-16H2,1H3,(H,26,27)/t21-,22+,23-/m1/s1. The Hall–Kier alpha value is -2.03. The number of carbonyl (C=O) groups is 1. The first-order valence-corrected chi connectivity index (χ1v) is 13.4. The average molecular weight is 476 g/mol. The van der Waals surface area contributed by atoms with Gasteiger partial charge in [-0.05, 0) is 49.1 Å². The fourth-order valence-electron chi connectivity index (χ4n) is 4.72. The number of thioether (sulfide) groups is 1. The van der Waals surface area contributed by atoms with Gasteiger partial charge in [-0.1, -0.05) is 43.2 Å². The van der Waals surface area contributed by atoms with Crippen molar-refractivity contribution in [3.63, 3.8) is 0 Å². The molecule has 0 unspecified atom stereocenters. The van der Waals surface area contributed by atoms with E-state index < -0.39 is 28.0 Å². The lowest BCUT2D eigenvalue weighted by molar-refractivity contribution is -0.143. The number of methoxy groups -OCH3 is 1. The van der Waals surface area contributed by atoms with Crippen LogP contribution >= 0.6 is 11.8 Å². The first-order valence-electron chi connectivity index (χ1n) is 11.0. The minimum absolute atomic E-state index is 0.0341. The third kappa shape index (κ3) is 4.82. The molecule has 0 radical (unpaired) electrons. The Labute approximate surface area is 194 Å². The molecular weight excluding hydrogens is 446 g/mol. The largest absolute Gasteiger partial charge is 0.497 e. The molecule has 1 saturated carbocycles. The van der Waals surface area contributed by atoms with Gasteiger partial charge in [-0.25, -0.2) is 8.42 Å². The lowest BCUT2D eigenvalue weighted by Crippen LogP contribution is -2.49. The van der Waals surface area contributed by atoms with E-state index >= 15 is 0 Å². The molecule has 1 aliphatic heterocycles. The van der Waals surface area contributed by atoms with Gasteiger partial charge in [-0.2, -0.15) is 16.1 Å². The summed E-state index contributed by atoms with van der Waals surface area (Å²) in [6.07, 6.45) is 5.03. The van der Waals surface area contributed by atoms with Crippen LogP contribution in [-0.4, -0.2) is 48.0 Å². The van der Waals surface area contributed by atoms with Crippen LogP contribution in [0.5, 0.6) is 5.75 Å². The van der Waals surface area contributed by atoms with Crippen molar-refractivity contribution in [3.8, 4) is 5.75 Å². The monoisotopic (exact) mass is 475 g/mol. The third-order valence-electron chi connectivity index (χ3n) is 6.47. The number of sulfonamides is 1. The van der Waals surface area contributed by atoms with Crippen LogP contribution in [0, 0.1) is 5.92 Å². The molecule has 1 saturated heterocycles. The summed E-state index contributed by atoms with van der Waals surface area (Å²) in [6, 6.07) is 15.3. The molecule has 1 N–H and O–H groups in total. The molecule has 1 heterocycles. The summed E-state index contributed by atoms with van der Waals surface area (Å²) in [5.41, 5.74) is 0.853. The molecular formula is C24H29NO5S2. The van der Waals surface area contributed by atoms with E-state index in [-0.39, 0.29) is 16.7 Å². The fourth-order valence-corrected chi connectivity index (χ4v) is 8.18. The third-order valence-corrected chi connectivity index (χ3v) is 10.1. The molecule has 2 aromatic rings. The highest BCUT2D eigenvalue weighted by Gasteiger charge is 2.46. The van der Waals surface area contributed by atoms with Crippen LogP contribution in [0.4, 0.5) is 0 Å². The summed E-state index contributed by atoms with van der Waals surface area (Å²) in [6.45, 7) is -0.0341. The van der Waals surface area contributed by atoms with Crippen molar-refractivity contribution in [2.45, 2.75) is 53.5 Å². The summed E-state index contributed by atoms with van der Waals surface area (Å²) in [4.78, 5) is 12.4. The zero-order valence-electron chi connectivity index (χ0n) is 18.1. The highest BCUT2D eigenvalue weighted by atomic mass is 32.2. The van der Waals surface area contributed by atoms with Crippen LogP contribution < -0.4 is 4.74 Å². The van der Waals surface area contributed by atoms with Gasteiger partial charge in [0.15, 0.2) is 0 Å². The average Bonchev–Trinajstić information content (AvgIpc) is 3.32. The van der Waals surface area contributed by atoms with Crippen LogP contribution in [0.15, 0.2) is 59.5 Å². The zero-order chi connectivity index (χ0) is 22.7. The second kappa shape index (κ2) is 9.85. The lowest BCUT2D eigenvalue weighted by atomic mass is 9.90. The maximum Gasteiger partial charge on any atom is 0.308 e. The van der Waals surface area contributed by atoms with Crippen molar-refractivity contribution < 1.29 is 23.1 Å². The predicted octanol–water partition coefficient (Wildman–Crippen LogP) is 4.58. The summed E-state index contributed by atoms with van der Waals surface area (Å²) in [5.74, 6) is -0.974. The second-order valence-corrected chi connectivity index (χ2v) is 11.9. The van der Waals surface area contributed by atoms with Crippen molar-refractivity contribution in [2.75, 3.05) is 13.7 Å². The van der Waals surface area contributed by atoms with Gasteiger partial charge >= 0.3 is 5.97 Å². The first-order chi connectivity index (χ1) is 15.4. The number of hydrogen-bond acceptors (Lipinski definition) is 5. The van der Waals surface area contributed by atoms with Gasteiger partial charge in [0, 0.05) is 17.0 Å². The number of carboxylic acid groups (broad SMARTS) is 1. The summed E-state index contributed by atoms with van der Waals surface area (Å²) >= 11 is 1.75. The van der Waals surface area contributed by atoms with Crippen LogP contribution in [0.3, 0.4) is 0 Å². The van der Waals surface area contributed by atoms with Gasteiger partial charge < -0.3 is 9.84 Å². The number of piperidine rings is 1. The molecule has 1 aliphatic carbocycles. The van der Waals surface area contributed by atoms with Gasteiger partial charge in [0.05, 0.1) is 24.0 Å². The van der Waals surface area contributed by atoms with E-state index in [4.69, 9.17) is 4.74 Å². The van der Waals surface area contributed by atoms with Gasteiger partial charge in [0.2, 0.25) is 10.0 Å². The van der Waals surface area contributed by atoms with Crippen LogP contribution in [-0.2, 0) is 14.8 Å². The molecule has 0 aromatic heterocycles. The topological polar surface area (TPSA) is 83.9 Å². The molecule has 3 atom stereocenters. The molecule has 0 spiro atoms. The van der Waals surface area contributed by atoms with Crippen LogP contribution in [0.2, 0.25) is 0 Å². The minimum Gasteiger partial charge on any atom is -0.497 e. The molecule has 32 heavy (non-hydrogen) atoms. The van der Waals surface area contributed by atoms with Gasteiger partial charge in [0.25, 0.3) is 0 Å². The Morgan fingerprint density at radius 2 is 1.72 bits per heavy atom. The Kier molecular flexibility index (Phi) is 7.12. The van der Waals surface area contributed by atoms with Gasteiger partial charge in [-0.15, -0.1) is 0 Å². The zero-order valence-corrected chi connectivity index (χ0v) is 19.7. The smallest absolute Gasteiger partial charge is 0.308 e. The fraction of sp³-hybridized carbons (Fsp3) is 0.458. The predicted molar refractivity (Wildman–Crippen MR) is 125 cm³/mol. The number of aliphatic carboxylic acids is 1. The van der Waals surface area contributed by atoms with Crippen LogP contribution in [0.25, 0.3) is 0 Å². The second-order valence-electron chi connectivity index (χ2n) is 8.44. The normalized spacial score (nSPS) is 25.0. The summed E-state index contributed by atoms with van der Waals surface area (Å²) in [5, 5.41) is 10.3. The number of carboxylic acids is 1. The Bertz CT molecular complexity index is 1020.